The molecule has 3 aromatic rings. The van der Waals surface area contributed by atoms with Crippen LogP contribution in [0.2, 0.25) is 0 Å². The number of carboxylic acids is 1. The molecular weight excluding hydrogens is 476 g/mol. The normalized spacial score (nSPS) is 19.1. The molecule has 1 aliphatic carbocycles. The fourth-order valence-corrected chi connectivity index (χ4v) is 5.60. The van der Waals surface area contributed by atoms with E-state index in [0.29, 0.717) is 30.6 Å². The summed E-state index contributed by atoms with van der Waals surface area (Å²) in [6.45, 7) is 13.2. The summed E-state index contributed by atoms with van der Waals surface area (Å²) in [6, 6.07) is 26.1. The highest BCUT2D eigenvalue weighted by molar-refractivity contribution is 5.79. The molecule has 2 atom stereocenters. The first-order chi connectivity index (χ1) is 18.6. The zero-order chi connectivity index (χ0) is 28.2. The van der Waals surface area contributed by atoms with Crippen LogP contribution in [0.1, 0.15) is 92.7 Å². The molecule has 1 aliphatic rings. The molecule has 0 radical (unpaired) electrons. The summed E-state index contributed by atoms with van der Waals surface area (Å²) in [5.74, 6) is 0.512. The van der Waals surface area contributed by atoms with Gasteiger partial charge in [0.2, 0.25) is 0 Å². The highest BCUT2D eigenvalue weighted by Gasteiger charge is 2.44. The van der Waals surface area contributed by atoms with Crippen molar-refractivity contribution in [2.24, 2.45) is 11.3 Å². The van der Waals surface area contributed by atoms with E-state index in [9.17, 15) is 9.90 Å². The predicted molar refractivity (Wildman–Crippen MR) is 163 cm³/mol. The molecule has 1 N–H and O–H groups in total. The van der Waals surface area contributed by atoms with Crippen LogP contribution >= 0.6 is 0 Å². The Hall–Kier alpha value is -3.39. The van der Waals surface area contributed by atoms with Gasteiger partial charge in [0, 0.05) is 5.92 Å². The van der Waals surface area contributed by atoms with Gasteiger partial charge >= 0.3 is 5.97 Å². The van der Waals surface area contributed by atoms with Crippen LogP contribution in [0.25, 0.3) is 0 Å². The minimum atomic E-state index is -0.999. The second kappa shape index (κ2) is 12.2. The molecule has 0 aliphatic heterocycles. The van der Waals surface area contributed by atoms with Crippen molar-refractivity contribution >= 4 is 5.97 Å². The molecule has 204 valence electrons. The van der Waals surface area contributed by atoms with E-state index < -0.39 is 11.4 Å². The van der Waals surface area contributed by atoms with Crippen LogP contribution in [0, 0.1) is 11.3 Å². The smallest absolute Gasteiger partial charge is 0.314 e. The average Bonchev–Trinajstić information content (AvgIpc) is 2.91. The minimum Gasteiger partial charge on any atom is -0.481 e. The molecule has 0 aromatic heterocycles. The number of carbonyl (C=O) groups is 1. The van der Waals surface area contributed by atoms with E-state index in [1.54, 1.807) is 0 Å². The lowest BCUT2D eigenvalue weighted by atomic mass is 9.65. The van der Waals surface area contributed by atoms with Crippen LogP contribution < -0.4 is 0 Å². The number of rotatable bonds is 10. The van der Waals surface area contributed by atoms with E-state index in [-0.39, 0.29) is 5.92 Å². The molecule has 2 nitrogen and oxygen atoms in total. The average molecular weight is 521 g/mol. The van der Waals surface area contributed by atoms with Crippen molar-refractivity contribution in [3.63, 3.8) is 0 Å². The molecule has 0 saturated carbocycles. The van der Waals surface area contributed by atoms with Crippen LogP contribution in [0.3, 0.4) is 0 Å². The predicted octanol–water partition coefficient (Wildman–Crippen LogP) is 9.27. The Morgan fingerprint density at radius 2 is 1.13 bits per heavy atom. The maximum absolute atomic E-state index is 13.1. The van der Waals surface area contributed by atoms with Gasteiger partial charge in [-0.2, -0.15) is 0 Å². The molecule has 0 bridgehead atoms. The number of hydrogen-bond acceptors (Lipinski definition) is 1. The Bertz CT molecular complexity index is 1310. The molecule has 0 amide bonds. The van der Waals surface area contributed by atoms with Gasteiger partial charge in [0.1, 0.15) is 0 Å². The second-order valence-corrected chi connectivity index (χ2v) is 12.3. The lowest BCUT2D eigenvalue weighted by Gasteiger charge is -2.37. The summed E-state index contributed by atoms with van der Waals surface area (Å²) in [4.78, 5) is 13.1. The number of allylic oxidation sites excluding steroid dienone is 3. The van der Waals surface area contributed by atoms with E-state index in [4.69, 9.17) is 0 Å². The Balaban J connectivity index is 1.67. The third kappa shape index (κ3) is 6.79. The molecule has 0 saturated heterocycles. The van der Waals surface area contributed by atoms with E-state index >= 15 is 0 Å². The third-order valence-electron chi connectivity index (χ3n) is 8.37. The Morgan fingerprint density at radius 3 is 1.56 bits per heavy atom. The minimum absolute atomic E-state index is 0.153. The Morgan fingerprint density at radius 1 is 0.692 bits per heavy atom. The monoisotopic (exact) mass is 520 g/mol. The van der Waals surface area contributed by atoms with Crippen molar-refractivity contribution in [1.82, 2.24) is 0 Å². The number of carboxylic acid groups (broad SMARTS) is 1. The molecule has 39 heavy (non-hydrogen) atoms. The topological polar surface area (TPSA) is 37.3 Å². The Kier molecular flexibility index (Phi) is 8.95. The lowest BCUT2D eigenvalue weighted by molar-refractivity contribution is -0.148. The molecule has 3 aromatic carbocycles. The van der Waals surface area contributed by atoms with E-state index in [1.807, 2.05) is 6.08 Å². The fourth-order valence-electron chi connectivity index (χ4n) is 5.60. The van der Waals surface area contributed by atoms with Gasteiger partial charge in [0.15, 0.2) is 0 Å². The highest BCUT2D eigenvalue weighted by atomic mass is 16.4. The summed E-state index contributed by atoms with van der Waals surface area (Å²) < 4.78 is 0. The first-order valence-corrected chi connectivity index (χ1v) is 14.5. The van der Waals surface area contributed by atoms with Crippen LogP contribution in [0.15, 0.2) is 96.6 Å². The second-order valence-electron chi connectivity index (χ2n) is 12.3. The maximum Gasteiger partial charge on any atom is 0.314 e. The molecular formula is C37H44O2. The standard InChI is InChI=1S/C37H44O2/c1-25(2)32-13-7-28(8-14-32)21-31-19-20-37(36(38)39,24-30-11-17-34(18-12-30)27(5)6)35(23-31)22-29-9-15-33(16-10-29)26(3)4/h7-20,23,25-27,35H,21-22,24H2,1-6H3,(H,38,39). The van der Waals surface area contributed by atoms with Gasteiger partial charge < -0.3 is 5.11 Å². The summed E-state index contributed by atoms with van der Waals surface area (Å²) in [5, 5.41) is 10.7. The first-order valence-electron chi connectivity index (χ1n) is 14.5. The van der Waals surface area contributed by atoms with E-state index in [1.165, 1.54) is 33.4 Å². The number of benzene rings is 3. The summed E-state index contributed by atoms with van der Waals surface area (Å²) in [6.07, 6.45) is 8.25. The van der Waals surface area contributed by atoms with E-state index in [2.05, 4.69) is 126 Å². The largest absolute Gasteiger partial charge is 0.481 e. The number of hydrogen-bond donors (Lipinski definition) is 1. The lowest BCUT2D eigenvalue weighted by Crippen LogP contribution is -2.41. The Labute approximate surface area is 235 Å². The van der Waals surface area contributed by atoms with Gasteiger partial charge in [-0.1, -0.05) is 133 Å². The van der Waals surface area contributed by atoms with Crippen molar-refractivity contribution in [2.45, 2.75) is 78.6 Å². The molecule has 2 heteroatoms. The van der Waals surface area contributed by atoms with Crippen molar-refractivity contribution in [2.75, 3.05) is 0 Å². The quantitative estimate of drug-likeness (QED) is 0.289. The van der Waals surface area contributed by atoms with Gasteiger partial charge in [-0.15, -0.1) is 0 Å². The molecule has 4 rings (SSSR count). The highest BCUT2D eigenvalue weighted by Crippen LogP contribution is 2.42. The van der Waals surface area contributed by atoms with Crippen LogP contribution in [0.5, 0.6) is 0 Å². The van der Waals surface area contributed by atoms with Gasteiger partial charge in [0.25, 0.3) is 0 Å². The van der Waals surface area contributed by atoms with Crippen molar-refractivity contribution < 1.29 is 9.90 Å². The summed E-state index contributed by atoms with van der Waals surface area (Å²) in [7, 11) is 0. The summed E-state index contributed by atoms with van der Waals surface area (Å²) in [5.41, 5.74) is 7.59. The van der Waals surface area contributed by atoms with E-state index in [0.717, 1.165) is 12.0 Å². The third-order valence-corrected chi connectivity index (χ3v) is 8.37. The van der Waals surface area contributed by atoms with Gasteiger partial charge in [-0.3, -0.25) is 4.79 Å². The fraction of sp³-hybridized carbons (Fsp3) is 0.378. The van der Waals surface area contributed by atoms with Crippen LogP contribution in [-0.4, -0.2) is 11.1 Å². The van der Waals surface area contributed by atoms with Crippen molar-refractivity contribution in [3.05, 3.63) is 130 Å². The van der Waals surface area contributed by atoms with Crippen molar-refractivity contribution in [3.8, 4) is 0 Å². The van der Waals surface area contributed by atoms with Crippen molar-refractivity contribution in [1.29, 1.82) is 0 Å². The SMILES string of the molecule is CC(C)c1ccc(CC2=CC(Cc3ccc(C(C)C)cc3)C(Cc3ccc(C(C)C)cc3)(C(=O)O)C=C2)cc1. The first kappa shape index (κ1) is 28.6. The molecule has 0 fully saturated rings. The maximum atomic E-state index is 13.1. The van der Waals surface area contributed by atoms with Gasteiger partial charge in [-0.25, -0.2) is 0 Å². The van der Waals surface area contributed by atoms with Gasteiger partial charge in [-0.05, 0) is 76.0 Å². The zero-order valence-corrected chi connectivity index (χ0v) is 24.4. The van der Waals surface area contributed by atoms with Crippen LogP contribution in [0.4, 0.5) is 0 Å². The van der Waals surface area contributed by atoms with Gasteiger partial charge in [0.05, 0.1) is 5.41 Å². The number of aliphatic carboxylic acids is 1. The molecule has 0 heterocycles. The van der Waals surface area contributed by atoms with Crippen LogP contribution in [-0.2, 0) is 24.1 Å². The summed E-state index contributed by atoms with van der Waals surface area (Å²) >= 11 is 0. The molecule has 2 unspecified atom stereocenters. The molecule has 0 spiro atoms. The zero-order valence-electron chi connectivity index (χ0n) is 24.4.